The molecule has 0 atom stereocenters. The number of aliphatic hydroxyl groups is 1. The van der Waals surface area contributed by atoms with Crippen LogP contribution in [0.3, 0.4) is 0 Å². The van der Waals surface area contributed by atoms with Crippen molar-refractivity contribution in [2.24, 2.45) is 7.05 Å². The fourth-order valence-corrected chi connectivity index (χ4v) is 2.50. The van der Waals surface area contributed by atoms with Crippen molar-refractivity contribution in [3.8, 4) is 0 Å². The molecule has 1 aliphatic carbocycles. The summed E-state index contributed by atoms with van der Waals surface area (Å²) >= 11 is 6.15. The van der Waals surface area contributed by atoms with Gasteiger partial charge in [0.05, 0.1) is 10.6 Å². The van der Waals surface area contributed by atoms with Crippen LogP contribution >= 0.6 is 11.6 Å². The number of rotatable bonds is 2. The van der Waals surface area contributed by atoms with Crippen LogP contribution in [0.15, 0.2) is 24.4 Å². The summed E-state index contributed by atoms with van der Waals surface area (Å²) < 4.78 is 2.02. The highest BCUT2D eigenvalue weighted by atomic mass is 35.5. The zero-order valence-corrected chi connectivity index (χ0v) is 9.96. The summed E-state index contributed by atoms with van der Waals surface area (Å²) in [6.07, 6.45) is 4.51. The molecule has 1 fully saturated rings. The molecular formula is C13H14ClNO. The van der Waals surface area contributed by atoms with Crippen molar-refractivity contribution < 1.29 is 5.11 Å². The number of aromatic nitrogens is 1. The Bertz CT molecular complexity index is 554. The highest BCUT2D eigenvalue weighted by molar-refractivity contribution is 6.35. The maximum atomic E-state index is 9.89. The van der Waals surface area contributed by atoms with Crippen LogP contribution in [-0.4, -0.2) is 15.3 Å². The molecule has 1 saturated carbocycles. The fourth-order valence-electron chi connectivity index (χ4n) is 2.20. The minimum atomic E-state index is -0.436. The van der Waals surface area contributed by atoms with E-state index in [0.717, 1.165) is 35.2 Å². The first-order valence-corrected chi connectivity index (χ1v) is 5.91. The van der Waals surface area contributed by atoms with Crippen LogP contribution in [0, 0.1) is 0 Å². The number of hydrogen-bond acceptors (Lipinski definition) is 1. The molecule has 0 unspecified atom stereocenters. The maximum Gasteiger partial charge on any atom is 0.0690 e. The average Bonchev–Trinajstić information content (AvgIpc) is 2.88. The molecule has 0 bridgehead atoms. The van der Waals surface area contributed by atoms with E-state index in [1.165, 1.54) is 5.56 Å². The summed E-state index contributed by atoms with van der Waals surface area (Å²) in [6.45, 7) is 0. The van der Waals surface area contributed by atoms with Crippen LogP contribution < -0.4 is 0 Å². The second-order valence-electron chi connectivity index (χ2n) is 4.84. The van der Waals surface area contributed by atoms with E-state index in [2.05, 4.69) is 18.2 Å². The van der Waals surface area contributed by atoms with Crippen LogP contribution in [-0.2, 0) is 13.5 Å². The molecule has 2 aromatic rings. The molecular weight excluding hydrogens is 222 g/mol. The number of benzene rings is 1. The first-order chi connectivity index (χ1) is 7.57. The Morgan fingerprint density at radius 2 is 2.19 bits per heavy atom. The van der Waals surface area contributed by atoms with Crippen LogP contribution in [0.25, 0.3) is 10.9 Å². The van der Waals surface area contributed by atoms with Gasteiger partial charge in [0.2, 0.25) is 0 Å². The second-order valence-corrected chi connectivity index (χ2v) is 5.25. The van der Waals surface area contributed by atoms with Gasteiger partial charge in [-0.25, -0.2) is 0 Å². The van der Waals surface area contributed by atoms with Crippen LogP contribution in [0.5, 0.6) is 0 Å². The molecule has 0 aliphatic heterocycles. The van der Waals surface area contributed by atoms with Crippen molar-refractivity contribution in [2.45, 2.75) is 24.9 Å². The van der Waals surface area contributed by atoms with Gasteiger partial charge in [-0.2, -0.15) is 0 Å². The van der Waals surface area contributed by atoms with E-state index in [1.807, 2.05) is 17.8 Å². The Morgan fingerprint density at radius 1 is 1.44 bits per heavy atom. The van der Waals surface area contributed by atoms with Crippen LogP contribution in [0.4, 0.5) is 0 Å². The standard InChI is InChI=1S/C13H14ClNO/c1-15-8-11(14)10-6-9(2-3-12(10)15)7-13(16)4-5-13/h2-3,6,8,16H,4-5,7H2,1H3. The minimum absolute atomic E-state index is 0.436. The summed E-state index contributed by atoms with van der Waals surface area (Å²) in [4.78, 5) is 0. The molecule has 1 aromatic heterocycles. The Balaban J connectivity index is 2.04. The van der Waals surface area contributed by atoms with Gasteiger partial charge in [0.15, 0.2) is 0 Å². The van der Waals surface area contributed by atoms with Gasteiger partial charge in [-0.05, 0) is 30.5 Å². The highest BCUT2D eigenvalue weighted by Gasteiger charge is 2.40. The molecule has 1 aromatic carbocycles. The predicted octanol–water partition coefficient (Wildman–Crippen LogP) is 2.90. The van der Waals surface area contributed by atoms with Gasteiger partial charge in [0.25, 0.3) is 0 Å². The first kappa shape index (κ1) is 10.2. The molecule has 3 heteroatoms. The summed E-state index contributed by atoms with van der Waals surface area (Å²) in [7, 11) is 1.99. The molecule has 3 rings (SSSR count). The third-order valence-corrected chi connectivity index (χ3v) is 3.67. The van der Waals surface area contributed by atoms with Gasteiger partial charge in [-0.3, -0.25) is 0 Å². The maximum absolute atomic E-state index is 9.89. The topological polar surface area (TPSA) is 25.2 Å². The number of aryl methyl sites for hydroxylation is 1. The van der Waals surface area contributed by atoms with E-state index in [4.69, 9.17) is 11.6 Å². The smallest absolute Gasteiger partial charge is 0.0690 e. The fraction of sp³-hybridized carbons (Fsp3) is 0.385. The van der Waals surface area contributed by atoms with Crippen molar-refractivity contribution in [1.82, 2.24) is 4.57 Å². The van der Waals surface area contributed by atoms with Crippen molar-refractivity contribution in [2.75, 3.05) is 0 Å². The first-order valence-electron chi connectivity index (χ1n) is 5.53. The molecule has 0 radical (unpaired) electrons. The van der Waals surface area contributed by atoms with E-state index in [-0.39, 0.29) is 0 Å². The summed E-state index contributed by atoms with van der Waals surface area (Å²) in [6, 6.07) is 6.24. The molecule has 1 aliphatic rings. The van der Waals surface area contributed by atoms with E-state index in [0.29, 0.717) is 0 Å². The largest absolute Gasteiger partial charge is 0.390 e. The number of nitrogens with zero attached hydrogens (tertiary/aromatic N) is 1. The van der Waals surface area contributed by atoms with E-state index in [1.54, 1.807) is 0 Å². The minimum Gasteiger partial charge on any atom is -0.390 e. The lowest BCUT2D eigenvalue weighted by atomic mass is 10.0. The SMILES string of the molecule is Cn1cc(Cl)c2cc(CC3(O)CC3)ccc21. The molecule has 2 nitrogen and oxygen atoms in total. The molecule has 1 N–H and O–H groups in total. The van der Waals surface area contributed by atoms with E-state index >= 15 is 0 Å². The van der Waals surface area contributed by atoms with Crippen molar-refractivity contribution in [1.29, 1.82) is 0 Å². The molecule has 16 heavy (non-hydrogen) atoms. The number of fused-ring (bicyclic) bond motifs is 1. The summed E-state index contributed by atoms with van der Waals surface area (Å²) in [5.74, 6) is 0. The van der Waals surface area contributed by atoms with E-state index in [9.17, 15) is 5.11 Å². The zero-order valence-electron chi connectivity index (χ0n) is 9.20. The van der Waals surface area contributed by atoms with Gasteiger partial charge in [-0.15, -0.1) is 0 Å². The predicted molar refractivity (Wildman–Crippen MR) is 65.8 cm³/mol. The third-order valence-electron chi connectivity index (χ3n) is 3.37. The second kappa shape index (κ2) is 3.25. The van der Waals surface area contributed by atoms with Gasteiger partial charge in [-0.1, -0.05) is 17.7 Å². The van der Waals surface area contributed by atoms with Crippen molar-refractivity contribution >= 4 is 22.5 Å². The Hall–Kier alpha value is -0.990. The van der Waals surface area contributed by atoms with Crippen molar-refractivity contribution in [3.63, 3.8) is 0 Å². The molecule has 1 heterocycles. The summed E-state index contributed by atoms with van der Waals surface area (Å²) in [5.41, 5.74) is 1.87. The molecule has 0 amide bonds. The molecule has 0 saturated heterocycles. The van der Waals surface area contributed by atoms with Crippen LogP contribution in [0.2, 0.25) is 5.02 Å². The van der Waals surface area contributed by atoms with Gasteiger partial charge >= 0.3 is 0 Å². The van der Waals surface area contributed by atoms with Crippen LogP contribution in [0.1, 0.15) is 18.4 Å². The monoisotopic (exact) mass is 235 g/mol. The molecule has 0 spiro atoms. The Labute approximate surface area is 99.4 Å². The third kappa shape index (κ3) is 1.62. The Morgan fingerprint density at radius 3 is 2.88 bits per heavy atom. The van der Waals surface area contributed by atoms with Gasteiger partial charge in [0.1, 0.15) is 0 Å². The number of halogens is 1. The van der Waals surface area contributed by atoms with E-state index < -0.39 is 5.60 Å². The summed E-state index contributed by atoms with van der Waals surface area (Å²) in [5, 5.41) is 11.7. The zero-order chi connectivity index (χ0) is 11.3. The lowest BCUT2D eigenvalue weighted by molar-refractivity contribution is 0.151. The van der Waals surface area contributed by atoms with Gasteiger partial charge < -0.3 is 9.67 Å². The normalized spacial score (nSPS) is 17.9. The lowest BCUT2D eigenvalue weighted by Crippen LogP contribution is -2.10. The number of hydrogen-bond donors (Lipinski definition) is 1. The van der Waals surface area contributed by atoms with Gasteiger partial charge in [0, 0.05) is 30.6 Å². The quantitative estimate of drug-likeness (QED) is 0.851. The highest BCUT2D eigenvalue weighted by Crippen LogP contribution is 2.39. The lowest BCUT2D eigenvalue weighted by Gasteiger charge is -2.07. The van der Waals surface area contributed by atoms with Crippen molar-refractivity contribution in [3.05, 3.63) is 35.0 Å². The average molecular weight is 236 g/mol. The Kier molecular flexibility index (Phi) is 2.07. The molecule has 84 valence electrons.